The van der Waals surface area contributed by atoms with Crippen LogP contribution in [0, 0.1) is 0 Å². The molecule has 6 nitrogen and oxygen atoms in total. The summed E-state index contributed by atoms with van der Waals surface area (Å²) in [5, 5.41) is 0. The lowest BCUT2D eigenvalue weighted by molar-refractivity contribution is 0.193. The molecule has 2 N–H and O–H groups in total. The summed E-state index contributed by atoms with van der Waals surface area (Å²) < 4.78 is 34.4. The van der Waals surface area contributed by atoms with E-state index in [9.17, 15) is 9.13 Å². The molecule has 2 aromatic rings. The Hall–Kier alpha value is -1.26. The van der Waals surface area contributed by atoms with Gasteiger partial charge in [-0.25, -0.2) is 0 Å². The highest BCUT2D eigenvalue weighted by Crippen LogP contribution is 2.59. The van der Waals surface area contributed by atoms with Crippen molar-refractivity contribution in [2.75, 3.05) is 5.90 Å². The monoisotopic (exact) mass is 356 g/mol. The van der Waals surface area contributed by atoms with Crippen LogP contribution in [0.3, 0.4) is 0 Å². The maximum atomic E-state index is 12.6. The first-order valence-electron chi connectivity index (χ1n) is 6.87. The first kappa shape index (κ1) is 18.1. The highest BCUT2D eigenvalue weighted by atomic mass is 31.2. The molecule has 0 spiro atoms. The van der Waals surface area contributed by atoms with Crippen LogP contribution in [0.4, 0.5) is 0 Å². The van der Waals surface area contributed by atoms with E-state index in [0.717, 1.165) is 11.1 Å². The molecule has 0 radical (unpaired) electrons. The van der Waals surface area contributed by atoms with Gasteiger partial charge >= 0.3 is 15.2 Å². The predicted octanol–water partition coefficient (Wildman–Crippen LogP) is 3.75. The van der Waals surface area contributed by atoms with E-state index < -0.39 is 21.1 Å². The zero-order valence-corrected chi connectivity index (χ0v) is 14.1. The molecule has 0 heterocycles. The van der Waals surface area contributed by atoms with Gasteiger partial charge in [-0.05, 0) is 11.1 Å². The van der Waals surface area contributed by atoms with Crippen molar-refractivity contribution in [2.24, 2.45) is 0 Å². The Morgan fingerprint density at radius 3 is 1.48 bits per heavy atom. The van der Waals surface area contributed by atoms with E-state index in [1.54, 1.807) is 48.5 Å². The van der Waals surface area contributed by atoms with Crippen LogP contribution in [0.25, 0.3) is 0 Å². The van der Waals surface area contributed by atoms with Crippen molar-refractivity contribution in [1.29, 1.82) is 0 Å². The maximum Gasteiger partial charge on any atom is 0.343 e. The normalized spacial score (nSPS) is 12.3. The summed E-state index contributed by atoms with van der Waals surface area (Å²) in [7, 11) is -8.48. The Morgan fingerprint density at radius 1 is 0.739 bits per heavy atom. The maximum absolute atomic E-state index is 12.6. The molecule has 2 aromatic carbocycles. The Balaban J connectivity index is 2.05. The Kier molecular flexibility index (Phi) is 6.31. The van der Waals surface area contributed by atoms with Crippen molar-refractivity contribution in [3.63, 3.8) is 0 Å². The average molecular weight is 356 g/mol. The van der Waals surface area contributed by atoms with Crippen LogP contribution < -0.4 is 0 Å². The molecule has 0 atom stereocenters. The highest BCUT2D eigenvalue weighted by Gasteiger charge is 2.34. The van der Waals surface area contributed by atoms with Crippen molar-refractivity contribution in [3.05, 3.63) is 71.8 Å². The van der Waals surface area contributed by atoms with E-state index in [4.69, 9.17) is 18.8 Å². The molecule has 0 saturated heterocycles. The predicted molar refractivity (Wildman–Crippen MR) is 87.0 cm³/mol. The van der Waals surface area contributed by atoms with Crippen LogP contribution in [-0.4, -0.2) is 15.7 Å². The van der Waals surface area contributed by atoms with E-state index in [2.05, 4.69) is 0 Å². The minimum absolute atomic E-state index is 0.0487. The van der Waals surface area contributed by atoms with Gasteiger partial charge in [0, 0.05) is 0 Å². The van der Waals surface area contributed by atoms with Crippen molar-refractivity contribution < 1.29 is 28.0 Å². The molecular weight excluding hydrogens is 338 g/mol. The van der Waals surface area contributed by atoms with E-state index >= 15 is 0 Å². The summed E-state index contributed by atoms with van der Waals surface area (Å²) in [6, 6.07) is 17.9. The van der Waals surface area contributed by atoms with Crippen molar-refractivity contribution >= 4 is 15.2 Å². The van der Waals surface area contributed by atoms with E-state index in [0.29, 0.717) is 0 Å². The fraction of sp³-hybridized carbons (Fsp3) is 0.200. The second-order valence-electron chi connectivity index (χ2n) is 4.94. The standard InChI is InChI=1S/C15H18O6P2/c16-22(17,18)13-23(19,20-11-14-7-3-1-4-8-14)21-12-15-9-5-2-6-10-15/h1-10H,11-13H2,(H2,16,17,18). The zero-order valence-electron chi connectivity index (χ0n) is 12.3. The molecule has 124 valence electrons. The number of hydrogen-bond acceptors (Lipinski definition) is 4. The van der Waals surface area contributed by atoms with E-state index in [1.165, 1.54) is 0 Å². The fourth-order valence-electron chi connectivity index (χ4n) is 1.84. The summed E-state index contributed by atoms with van der Waals surface area (Å²) in [4.78, 5) is 18.3. The second-order valence-corrected chi connectivity index (χ2v) is 9.13. The van der Waals surface area contributed by atoms with Gasteiger partial charge in [0.1, 0.15) is 0 Å². The van der Waals surface area contributed by atoms with Crippen LogP contribution in [0.15, 0.2) is 60.7 Å². The molecular formula is C15H18O6P2. The summed E-state index contributed by atoms with van der Waals surface area (Å²) in [6.45, 7) is -0.0974. The zero-order chi connectivity index (χ0) is 16.8. The van der Waals surface area contributed by atoms with Crippen molar-refractivity contribution in [1.82, 2.24) is 0 Å². The lowest BCUT2D eigenvalue weighted by Gasteiger charge is -2.19. The highest BCUT2D eigenvalue weighted by molar-refractivity contribution is 7.70. The largest absolute Gasteiger partial charge is 0.343 e. The fourth-order valence-corrected chi connectivity index (χ4v) is 5.06. The van der Waals surface area contributed by atoms with Gasteiger partial charge in [0.15, 0.2) is 5.90 Å². The van der Waals surface area contributed by atoms with Gasteiger partial charge in [0.05, 0.1) is 13.2 Å². The molecule has 0 amide bonds. The second kappa shape index (κ2) is 8.02. The lowest BCUT2D eigenvalue weighted by Crippen LogP contribution is -2.02. The third-order valence-electron chi connectivity index (χ3n) is 2.90. The van der Waals surface area contributed by atoms with Crippen molar-refractivity contribution in [3.8, 4) is 0 Å². The first-order chi connectivity index (χ1) is 10.9. The molecule has 0 aromatic heterocycles. The number of benzene rings is 2. The molecule has 8 heteroatoms. The smallest absolute Gasteiger partial charge is 0.324 e. The van der Waals surface area contributed by atoms with Gasteiger partial charge in [0.2, 0.25) is 0 Å². The summed E-state index contributed by atoms with van der Waals surface area (Å²) in [5.74, 6) is -0.945. The Morgan fingerprint density at radius 2 is 1.13 bits per heavy atom. The molecule has 23 heavy (non-hydrogen) atoms. The minimum atomic E-state index is -4.54. The molecule has 0 aliphatic rings. The van der Waals surface area contributed by atoms with Gasteiger partial charge in [-0.15, -0.1) is 0 Å². The summed E-state index contributed by atoms with van der Waals surface area (Å²) in [5.41, 5.74) is 1.48. The van der Waals surface area contributed by atoms with Gasteiger partial charge in [-0.3, -0.25) is 9.13 Å². The van der Waals surface area contributed by atoms with Gasteiger partial charge < -0.3 is 18.8 Å². The third kappa shape index (κ3) is 6.80. The van der Waals surface area contributed by atoms with Crippen LogP contribution in [0.5, 0.6) is 0 Å². The minimum Gasteiger partial charge on any atom is -0.324 e. The van der Waals surface area contributed by atoms with Gasteiger partial charge in [-0.2, -0.15) is 0 Å². The lowest BCUT2D eigenvalue weighted by atomic mass is 10.2. The van der Waals surface area contributed by atoms with Crippen LogP contribution in [0.2, 0.25) is 0 Å². The first-order valence-corrected chi connectivity index (χ1v) is 10.4. The van der Waals surface area contributed by atoms with Crippen LogP contribution in [-0.2, 0) is 31.4 Å². The topological polar surface area (TPSA) is 93.1 Å². The summed E-state index contributed by atoms with van der Waals surface area (Å²) in [6.07, 6.45) is 0. The average Bonchev–Trinajstić information content (AvgIpc) is 2.52. The van der Waals surface area contributed by atoms with E-state index in [1.807, 2.05) is 12.1 Å². The van der Waals surface area contributed by atoms with Crippen molar-refractivity contribution in [2.45, 2.75) is 13.2 Å². The molecule has 0 bridgehead atoms. The molecule has 0 saturated carbocycles. The Bertz CT molecular complexity index is 651. The van der Waals surface area contributed by atoms with E-state index in [-0.39, 0.29) is 13.2 Å². The third-order valence-corrected chi connectivity index (χ3v) is 6.80. The summed E-state index contributed by atoms with van der Waals surface area (Å²) >= 11 is 0. The number of hydrogen-bond donors (Lipinski definition) is 2. The van der Waals surface area contributed by atoms with Crippen LogP contribution in [0.1, 0.15) is 11.1 Å². The molecule has 2 rings (SSSR count). The van der Waals surface area contributed by atoms with Crippen LogP contribution >= 0.6 is 15.2 Å². The SMILES string of the molecule is O=P(O)(O)CP(=O)(OCc1ccccc1)OCc1ccccc1. The number of rotatable bonds is 8. The van der Waals surface area contributed by atoms with Gasteiger partial charge in [0.25, 0.3) is 0 Å². The Labute approximate surface area is 134 Å². The molecule has 0 aliphatic heterocycles. The molecule has 0 aliphatic carbocycles. The molecule has 0 fully saturated rings. The van der Waals surface area contributed by atoms with Gasteiger partial charge in [-0.1, -0.05) is 60.7 Å². The molecule has 0 unspecified atom stereocenters. The quantitative estimate of drug-likeness (QED) is 0.700.